The average Bonchev–Trinajstić information content (AvgIpc) is 2.44. The fraction of sp³-hybridized carbons (Fsp3) is 0.929. The lowest BCUT2D eigenvalue weighted by atomic mass is 10.2. The van der Waals surface area contributed by atoms with E-state index in [0.29, 0.717) is 6.54 Å². The SMILES string of the molecule is CCNC(=O)C(C)N1CCN(CCCCCN)CC1. The van der Waals surface area contributed by atoms with Crippen molar-refractivity contribution in [3.8, 4) is 0 Å². The standard InChI is InChI=1S/C14H30N4O/c1-3-16-14(19)13(2)18-11-9-17(10-12-18)8-6-4-5-7-15/h13H,3-12,15H2,1-2H3,(H,16,19). The molecule has 5 heteroatoms. The van der Waals surface area contributed by atoms with Gasteiger partial charge in [0.1, 0.15) is 0 Å². The first-order valence-electron chi connectivity index (χ1n) is 7.63. The quantitative estimate of drug-likeness (QED) is 0.621. The predicted molar refractivity (Wildman–Crippen MR) is 79.1 cm³/mol. The molecule has 112 valence electrons. The van der Waals surface area contributed by atoms with Crippen molar-refractivity contribution in [3.63, 3.8) is 0 Å². The van der Waals surface area contributed by atoms with Crippen LogP contribution < -0.4 is 11.1 Å². The molecule has 0 aromatic rings. The first kappa shape index (κ1) is 16.4. The van der Waals surface area contributed by atoms with E-state index in [1.165, 1.54) is 19.4 Å². The summed E-state index contributed by atoms with van der Waals surface area (Å²) in [4.78, 5) is 16.6. The van der Waals surface area contributed by atoms with Gasteiger partial charge in [-0.05, 0) is 39.8 Å². The van der Waals surface area contributed by atoms with Gasteiger partial charge < -0.3 is 16.0 Å². The first-order chi connectivity index (χ1) is 9.19. The number of unbranched alkanes of at least 4 members (excludes halogenated alkanes) is 2. The van der Waals surface area contributed by atoms with Crippen LogP contribution >= 0.6 is 0 Å². The molecule has 1 aliphatic rings. The van der Waals surface area contributed by atoms with Crippen LogP contribution in [-0.2, 0) is 4.79 Å². The normalized spacial score (nSPS) is 19.3. The molecule has 1 heterocycles. The molecule has 0 spiro atoms. The third-order valence-corrected chi connectivity index (χ3v) is 3.86. The van der Waals surface area contributed by atoms with Gasteiger partial charge in [-0.1, -0.05) is 6.42 Å². The summed E-state index contributed by atoms with van der Waals surface area (Å²) in [7, 11) is 0. The number of nitrogens with one attached hydrogen (secondary N) is 1. The van der Waals surface area contributed by atoms with Crippen molar-refractivity contribution in [2.24, 2.45) is 5.73 Å². The van der Waals surface area contributed by atoms with Crippen molar-refractivity contribution >= 4 is 5.91 Å². The van der Waals surface area contributed by atoms with Crippen LogP contribution in [-0.4, -0.2) is 67.6 Å². The maximum absolute atomic E-state index is 11.8. The third-order valence-electron chi connectivity index (χ3n) is 3.86. The fourth-order valence-electron chi connectivity index (χ4n) is 2.52. The van der Waals surface area contributed by atoms with E-state index in [-0.39, 0.29) is 11.9 Å². The van der Waals surface area contributed by atoms with Gasteiger partial charge in [-0.2, -0.15) is 0 Å². The number of hydrogen-bond acceptors (Lipinski definition) is 4. The Morgan fingerprint density at radius 3 is 2.47 bits per heavy atom. The van der Waals surface area contributed by atoms with E-state index in [1.54, 1.807) is 0 Å². The van der Waals surface area contributed by atoms with Gasteiger partial charge in [-0.15, -0.1) is 0 Å². The summed E-state index contributed by atoms with van der Waals surface area (Å²) >= 11 is 0. The van der Waals surface area contributed by atoms with Crippen LogP contribution in [0.2, 0.25) is 0 Å². The zero-order chi connectivity index (χ0) is 14.1. The fourth-order valence-corrected chi connectivity index (χ4v) is 2.52. The Labute approximate surface area is 117 Å². The Hall–Kier alpha value is -0.650. The number of nitrogens with zero attached hydrogens (tertiary/aromatic N) is 2. The Morgan fingerprint density at radius 1 is 1.21 bits per heavy atom. The third kappa shape index (κ3) is 5.89. The highest BCUT2D eigenvalue weighted by molar-refractivity contribution is 5.81. The van der Waals surface area contributed by atoms with Gasteiger partial charge in [0.2, 0.25) is 5.91 Å². The maximum Gasteiger partial charge on any atom is 0.237 e. The molecule has 0 aliphatic carbocycles. The molecule has 1 atom stereocenters. The smallest absolute Gasteiger partial charge is 0.237 e. The number of piperazine rings is 1. The van der Waals surface area contributed by atoms with E-state index in [4.69, 9.17) is 5.73 Å². The minimum absolute atomic E-state index is 0.000611. The van der Waals surface area contributed by atoms with Crippen molar-refractivity contribution in [1.82, 2.24) is 15.1 Å². The molecule has 0 saturated carbocycles. The molecular weight excluding hydrogens is 240 g/mol. The number of likely N-dealkylation sites (N-methyl/N-ethyl adjacent to an activating group) is 1. The topological polar surface area (TPSA) is 61.6 Å². The van der Waals surface area contributed by atoms with Crippen molar-refractivity contribution in [2.75, 3.05) is 45.8 Å². The first-order valence-corrected chi connectivity index (χ1v) is 7.63. The highest BCUT2D eigenvalue weighted by atomic mass is 16.2. The largest absolute Gasteiger partial charge is 0.355 e. The molecule has 1 amide bonds. The Balaban J connectivity index is 2.19. The molecule has 0 aromatic carbocycles. The summed E-state index contributed by atoms with van der Waals surface area (Å²) in [5.41, 5.74) is 5.49. The number of carbonyl (C=O) groups excluding carboxylic acids is 1. The molecule has 1 aliphatic heterocycles. The van der Waals surface area contributed by atoms with E-state index in [0.717, 1.165) is 39.1 Å². The van der Waals surface area contributed by atoms with Gasteiger partial charge in [-0.3, -0.25) is 9.69 Å². The van der Waals surface area contributed by atoms with E-state index in [1.807, 2.05) is 13.8 Å². The molecule has 0 aromatic heterocycles. The molecule has 0 bridgehead atoms. The molecule has 1 saturated heterocycles. The van der Waals surface area contributed by atoms with Gasteiger partial charge in [0.25, 0.3) is 0 Å². The second kappa shape index (κ2) is 9.28. The molecule has 1 rings (SSSR count). The summed E-state index contributed by atoms with van der Waals surface area (Å²) in [6, 6.07) is -0.000611. The minimum Gasteiger partial charge on any atom is -0.355 e. The summed E-state index contributed by atoms with van der Waals surface area (Å²) < 4.78 is 0. The van der Waals surface area contributed by atoms with Crippen LogP contribution in [0.1, 0.15) is 33.1 Å². The van der Waals surface area contributed by atoms with Crippen LogP contribution in [0.25, 0.3) is 0 Å². The molecule has 3 N–H and O–H groups in total. The molecule has 19 heavy (non-hydrogen) atoms. The van der Waals surface area contributed by atoms with E-state index in [2.05, 4.69) is 15.1 Å². The van der Waals surface area contributed by atoms with Gasteiger partial charge in [0.15, 0.2) is 0 Å². The minimum atomic E-state index is -0.000611. The van der Waals surface area contributed by atoms with E-state index < -0.39 is 0 Å². The summed E-state index contributed by atoms with van der Waals surface area (Å²) in [6.07, 6.45) is 3.60. The number of rotatable bonds is 8. The second-order valence-electron chi connectivity index (χ2n) is 5.30. The van der Waals surface area contributed by atoms with Gasteiger partial charge in [-0.25, -0.2) is 0 Å². The van der Waals surface area contributed by atoms with Crippen molar-refractivity contribution in [2.45, 2.75) is 39.2 Å². The highest BCUT2D eigenvalue weighted by Crippen LogP contribution is 2.08. The number of nitrogens with two attached hydrogens (primary N) is 1. The van der Waals surface area contributed by atoms with Crippen molar-refractivity contribution in [1.29, 1.82) is 0 Å². The number of amides is 1. The van der Waals surface area contributed by atoms with Crippen LogP contribution in [0.3, 0.4) is 0 Å². The van der Waals surface area contributed by atoms with Crippen LogP contribution in [0.15, 0.2) is 0 Å². The second-order valence-corrected chi connectivity index (χ2v) is 5.30. The summed E-state index contributed by atoms with van der Waals surface area (Å²) in [5, 5.41) is 2.90. The van der Waals surface area contributed by atoms with E-state index >= 15 is 0 Å². The van der Waals surface area contributed by atoms with Crippen molar-refractivity contribution < 1.29 is 4.79 Å². The average molecular weight is 270 g/mol. The van der Waals surface area contributed by atoms with Crippen molar-refractivity contribution in [3.05, 3.63) is 0 Å². The molecule has 1 unspecified atom stereocenters. The van der Waals surface area contributed by atoms with Crippen LogP contribution in [0.5, 0.6) is 0 Å². The van der Waals surface area contributed by atoms with Gasteiger partial charge >= 0.3 is 0 Å². The Kier molecular flexibility index (Phi) is 8.02. The van der Waals surface area contributed by atoms with Gasteiger partial charge in [0, 0.05) is 32.7 Å². The van der Waals surface area contributed by atoms with Gasteiger partial charge in [0.05, 0.1) is 6.04 Å². The van der Waals surface area contributed by atoms with E-state index in [9.17, 15) is 4.79 Å². The zero-order valence-electron chi connectivity index (χ0n) is 12.5. The summed E-state index contributed by atoms with van der Waals surface area (Å²) in [5.74, 6) is 0.152. The predicted octanol–water partition coefficient (Wildman–Crippen LogP) is 0.258. The molecular formula is C14H30N4O. The lowest BCUT2D eigenvalue weighted by Gasteiger charge is -2.37. The van der Waals surface area contributed by atoms with Crippen LogP contribution in [0, 0.1) is 0 Å². The van der Waals surface area contributed by atoms with Crippen LogP contribution in [0.4, 0.5) is 0 Å². The zero-order valence-corrected chi connectivity index (χ0v) is 12.5. The maximum atomic E-state index is 11.8. The molecule has 0 radical (unpaired) electrons. The number of carbonyl (C=O) groups is 1. The highest BCUT2D eigenvalue weighted by Gasteiger charge is 2.24. The monoisotopic (exact) mass is 270 g/mol. The molecule has 1 fully saturated rings. The molecule has 5 nitrogen and oxygen atoms in total. The lowest BCUT2D eigenvalue weighted by Crippen LogP contribution is -2.53. The lowest BCUT2D eigenvalue weighted by molar-refractivity contribution is -0.126. The summed E-state index contributed by atoms with van der Waals surface area (Å²) in [6.45, 7) is 10.8. The Bertz CT molecular complexity index is 252. The number of hydrogen-bond donors (Lipinski definition) is 2. The Morgan fingerprint density at radius 2 is 1.89 bits per heavy atom.